The first-order chi connectivity index (χ1) is 9.13. The lowest BCUT2D eigenvalue weighted by Crippen LogP contribution is -2.13. The fourth-order valence-electron chi connectivity index (χ4n) is 1.78. The Labute approximate surface area is 115 Å². The number of para-hydroxylation sites is 1. The van der Waals surface area contributed by atoms with Crippen LogP contribution in [0.25, 0.3) is 0 Å². The van der Waals surface area contributed by atoms with E-state index in [0.717, 1.165) is 0 Å². The number of aliphatic hydroxyl groups is 1. The second-order valence-corrected chi connectivity index (χ2v) is 4.95. The highest BCUT2D eigenvalue weighted by atomic mass is 32.1. The second kappa shape index (κ2) is 5.86. The van der Waals surface area contributed by atoms with Crippen molar-refractivity contribution in [2.24, 2.45) is 0 Å². The summed E-state index contributed by atoms with van der Waals surface area (Å²) in [7, 11) is 1.53. The molecule has 0 saturated heterocycles. The minimum Gasteiger partial charge on any atom is -0.495 e. The normalized spacial score (nSPS) is 11.9. The summed E-state index contributed by atoms with van der Waals surface area (Å²) in [5.41, 5.74) is 1.30. The third-order valence-corrected chi connectivity index (χ3v) is 3.61. The van der Waals surface area contributed by atoms with Crippen molar-refractivity contribution in [2.45, 2.75) is 13.0 Å². The number of ether oxygens (including phenoxy) is 1. The van der Waals surface area contributed by atoms with Gasteiger partial charge in [-0.3, -0.25) is 4.79 Å². The largest absolute Gasteiger partial charge is 0.495 e. The standard InChI is InChI=1S/C14H15NO3S/c1-9(16)10-5-3-4-6-11(10)15-14(17)13-12(18-2)7-8-19-13/h3-9,16H,1-2H3,(H,15,17). The predicted molar refractivity (Wildman–Crippen MR) is 75.9 cm³/mol. The number of amides is 1. The Morgan fingerprint density at radius 3 is 2.79 bits per heavy atom. The molecule has 0 aliphatic heterocycles. The molecular formula is C14H15NO3S. The Balaban J connectivity index is 2.24. The van der Waals surface area contributed by atoms with Gasteiger partial charge in [-0.1, -0.05) is 18.2 Å². The fraction of sp³-hybridized carbons (Fsp3) is 0.214. The maximum atomic E-state index is 12.2. The van der Waals surface area contributed by atoms with Gasteiger partial charge in [-0.05, 0) is 24.4 Å². The highest BCUT2D eigenvalue weighted by Crippen LogP contribution is 2.27. The van der Waals surface area contributed by atoms with Gasteiger partial charge in [0, 0.05) is 11.3 Å². The molecule has 0 aliphatic carbocycles. The molecule has 2 aromatic rings. The molecule has 0 fully saturated rings. The average Bonchev–Trinajstić information content (AvgIpc) is 2.87. The van der Waals surface area contributed by atoms with E-state index in [-0.39, 0.29) is 5.91 Å². The number of methoxy groups -OCH3 is 1. The lowest BCUT2D eigenvalue weighted by atomic mass is 10.1. The van der Waals surface area contributed by atoms with Crippen molar-refractivity contribution in [3.05, 3.63) is 46.2 Å². The molecule has 5 heteroatoms. The maximum Gasteiger partial charge on any atom is 0.269 e. The summed E-state index contributed by atoms with van der Waals surface area (Å²) in [5, 5.41) is 14.3. The van der Waals surface area contributed by atoms with E-state index in [1.807, 2.05) is 12.1 Å². The van der Waals surface area contributed by atoms with Crippen molar-refractivity contribution >= 4 is 22.9 Å². The van der Waals surface area contributed by atoms with Gasteiger partial charge in [0.1, 0.15) is 10.6 Å². The molecule has 2 rings (SSSR count). The van der Waals surface area contributed by atoms with Crippen LogP contribution in [0.5, 0.6) is 5.75 Å². The van der Waals surface area contributed by atoms with Gasteiger partial charge in [0.15, 0.2) is 0 Å². The second-order valence-electron chi connectivity index (χ2n) is 4.04. The topological polar surface area (TPSA) is 58.6 Å². The first-order valence-electron chi connectivity index (χ1n) is 5.83. The summed E-state index contributed by atoms with van der Waals surface area (Å²) >= 11 is 1.32. The Morgan fingerprint density at radius 2 is 2.11 bits per heavy atom. The van der Waals surface area contributed by atoms with E-state index >= 15 is 0 Å². The molecule has 1 heterocycles. The fourth-order valence-corrected chi connectivity index (χ4v) is 2.53. The van der Waals surface area contributed by atoms with E-state index in [1.165, 1.54) is 18.4 Å². The first-order valence-corrected chi connectivity index (χ1v) is 6.71. The van der Waals surface area contributed by atoms with Crippen molar-refractivity contribution < 1.29 is 14.6 Å². The number of carbonyl (C=O) groups is 1. The summed E-state index contributed by atoms with van der Waals surface area (Å²) in [6, 6.07) is 8.93. The molecule has 0 radical (unpaired) electrons. The third kappa shape index (κ3) is 2.94. The number of benzene rings is 1. The Bertz CT molecular complexity index is 578. The summed E-state index contributed by atoms with van der Waals surface area (Å²) in [4.78, 5) is 12.7. The highest BCUT2D eigenvalue weighted by Gasteiger charge is 2.16. The summed E-state index contributed by atoms with van der Waals surface area (Å²) in [5.74, 6) is 0.317. The molecule has 1 aromatic carbocycles. The monoisotopic (exact) mass is 277 g/mol. The van der Waals surface area contributed by atoms with Crippen molar-refractivity contribution in [2.75, 3.05) is 12.4 Å². The molecule has 0 saturated carbocycles. The van der Waals surface area contributed by atoms with Crippen molar-refractivity contribution in [1.82, 2.24) is 0 Å². The number of nitrogens with one attached hydrogen (secondary N) is 1. The number of hydrogen-bond donors (Lipinski definition) is 2. The van der Waals surface area contributed by atoms with E-state index in [4.69, 9.17) is 4.74 Å². The summed E-state index contributed by atoms with van der Waals surface area (Å²) < 4.78 is 5.12. The Kier molecular flexibility index (Phi) is 4.19. The molecule has 0 spiro atoms. The first kappa shape index (κ1) is 13.6. The van der Waals surface area contributed by atoms with E-state index in [1.54, 1.807) is 30.5 Å². The van der Waals surface area contributed by atoms with E-state index < -0.39 is 6.10 Å². The molecule has 0 aliphatic rings. The van der Waals surface area contributed by atoms with Crippen molar-refractivity contribution in [3.63, 3.8) is 0 Å². The van der Waals surface area contributed by atoms with Gasteiger partial charge < -0.3 is 15.2 Å². The maximum absolute atomic E-state index is 12.2. The highest BCUT2D eigenvalue weighted by molar-refractivity contribution is 7.12. The summed E-state index contributed by atoms with van der Waals surface area (Å²) in [6.07, 6.45) is -0.637. The zero-order chi connectivity index (χ0) is 13.8. The van der Waals surface area contributed by atoms with E-state index in [2.05, 4.69) is 5.32 Å². The van der Waals surface area contributed by atoms with Gasteiger partial charge in [0.2, 0.25) is 0 Å². The lowest BCUT2D eigenvalue weighted by Gasteiger charge is -2.12. The quantitative estimate of drug-likeness (QED) is 0.903. The van der Waals surface area contributed by atoms with Crippen LogP contribution in [0, 0.1) is 0 Å². The van der Waals surface area contributed by atoms with Gasteiger partial charge in [0.05, 0.1) is 13.2 Å². The van der Waals surface area contributed by atoms with Crippen LogP contribution in [0.4, 0.5) is 5.69 Å². The number of anilines is 1. The smallest absolute Gasteiger partial charge is 0.269 e. The van der Waals surface area contributed by atoms with Crippen LogP contribution in [-0.4, -0.2) is 18.1 Å². The molecule has 4 nitrogen and oxygen atoms in total. The van der Waals surface area contributed by atoms with Gasteiger partial charge in [0.25, 0.3) is 5.91 Å². The van der Waals surface area contributed by atoms with Crippen LogP contribution >= 0.6 is 11.3 Å². The number of thiophene rings is 1. The molecule has 1 aromatic heterocycles. The molecule has 19 heavy (non-hydrogen) atoms. The molecule has 2 N–H and O–H groups in total. The Hall–Kier alpha value is -1.85. The number of rotatable bonds is 4. The van der Waals surface area contributed by atoms with Gasteiger partial charge in [-0.25, -0.2) is 0 Å². The zero-order valence-corrected chi connectivity index (χ0v) is 11.5. The zero-order valence-electron chi connectivity index (χ0n) is 10.7. The average molecular weight is 277 g/mol. The molecule has 1 amide bonds. The van der Waals surface area contributed by atoms with Crippen LogP contribution in [0.15, 0.2) is 35.7 Å². The van der Waals surface area contributed by atoms with Crippen LogP contribution in [0.2, 0.25) is 0 Å². The van der Waals surface area contributed by atoms with Crippen molar-refractivity contribution in [3.8, 4) is 5.75 Å². The number of aliphatic hydroxyl groups excluding tert-OH is 1. The molecule has 0 bridgehead atoms. The predicted octanol–water partition coefficient (Wildman–Crippen LogP) is 3.06. The number of hydrogen-bond acceptors (Lipinski definition) is 4. The SMILES string of the molecule is COc1ccsc1C(=O)Nc1ccccc1C(C)O. The minimum absolute atomic E-state index is 0.236. The van der Waals surface area contributed by atoms with E-state index in [0.29, 0.717) is 21.9 Å². The third-order valence-electron chi connectivity index (χ3n) is 2.71. The number of carbonyl (C=O) groups excluding carboxylic acids is 1. The Morgan fingerprint density at radius 1 is 1.37 bits per heavy atom. The van der Waals surface area contributed by atoms with Gasteiger partial charge in [-0.2, -0.15) is 0 Å². The van der Waals surface area contributed by atoms with Crippen LogP contribution < -0.4 is 10.1 Å². The molecule has 1 unspecified atom stereocenters. The lowest BCUT2D eigenvalue weighted by molar-refractivity contribution is 0.102. The van der Waals surface area contributed by atoms with Crippen LogP contribution in [-0.2, 0) is 0 Å². The van der Waals surface area contributed by atoms with E-state index in [9.17, 15) is 9.90 Å². The van der Waals surface area contributed by atoms with Crippen molar-refractivity contribution in [1.29, 1.82) is 0 Å². The minimum atomic E-state index is -0.637. The van der Waals surface area contributed by atoms with Crippen LogP contribution in [0.1, 0.15) is 28.3 Å². The van der Waals surface area contributed by atoms with Crippen LogP contribution in [0.3, 0.4) is 0 Å². The molecule has 100 valence electrons. The molecular weight excluding hydrogens is 262 g/mol. The van der Waals surface area contributed by atoms with Gasteiger partial charge >= 0.3 is 0 Å². The molecule has 1 atom stereocenters. The summed E-state index contributed by atoms with van der Waals surface area (Å²) in [6.45, 7) is 1.66. The van der Waals surface area contributed by atoms with Gasteiger partial charge in [-0.15, -0.1) is 11.3 Å².